The Morgan fingerprint density at radius 3 is 2.45 bits per heavy atom. The van der Waals surface area contributed by atoms with Gasteiger partial charge in [-0.3, -0.25) is 9.10 Å². The standard InChI is InChI=1S/C27H30N2O3S/c1-19-14-16-23(17-15-19)33(31,32)29(26-13-6-8-20(2)21(26)3)18-27(30)28-25-12-7-10-22-9-4-5-11-24(22)25/h4-6,8-9,11,13-17,25H,7,10,12,18H2,1-3H3,(H,28,30). The molecule has 0 aliphatic heterocycles. The Hall–Kier alpha value is -3.12. The second-order valence-electron chi connectivity index (χ2n) is 8.75. The zero-order valence-electron chi connectivity index (χ0n) is 19.3. The molecule has 0 fully saturated rings. The maximum Gasteiger partial charge on any atom is 0.264 e. The summed E-state index contributed by atoms with van der Waals surface area (Å²) in [6.45, 7) is 5.46. The highest BCUT2D eigenvalue weighted by Crippen LogP contribution is 2.31. The van der Waals surface area contributed by atoms with E-state index < -0.39 is 10.0 Å². The average Bonchev–Trinajstić information content (AvgIpc) is 2.80. The fourth-order valence-corrected chi connectivity index (χ4v) is 5.90. The van der Waals surface area contributed by atoms with Crippen molar-refractivity contribution in [3.8, 4) is 0 Å². The number of anilines is 1. The molecule has 3 aromatic carbocycles. The van der Waals surface area contributed by atoms with Crippen LogP contribution in [-0.4, -0.2) is 20.9 Å². The number of benzene rings is 3. The number of hydrogen-bond acceptors (Lipinski definition) is 3. The molecule has 1 unspecified atom stereocenters. The van der Waals surface area contributed by atoms with Crippen LogP contribution in [0.4, 0.5) is 5.69 Å². The number of fused-ring (bicyclic) bond motifs is 1. The maximum absolute atomic E-state index is 13.7. The zero-order chi connectivity index (χ0) is 23.6. The van der Waals surface area contributed by atoms with Crippen LogP contribution in [0.3, 0.4) is 0 Å². The van der Waals surface area contributed by atoms with E-state index in [1.807, 2.05) is 51.1 Å². The lowest BCUT2D eigenvalue weighted by Gasteiger charge is -2.29. The van der Waals surface area contributed by atoms with Gasteiger partial charge in [0.1, 0.15) is 6.54 Å². The quantitative estimate of drug-likeness (QED) is 0.561. The van der Waals surface area contributed by atoms with Gasteiger partial charge in [-0.2, -0.15) is 0 Å². The van der Waals surface area contributed by atoms with E-state index >= 15 is 0 Å². The zero-order valence-corrected chi connectivity index (χ0v) is 20.2. The molecule has 1 amide bonds. The lowest BCUT2D eigenvalue weighted by molar-refractivity contribution is -0.120. The van der Waals surface area contributed by atoms with Crippen LogP contribution in [0.2, 0.25) is 0 Å². The van der Waals surface area contributed by atoms with Crippen molar-refractivity contribution in [1.29, 1.82) is 0 Å². The molecule has 172 valence electrons. The first-order valence-electron chi connectivity index (χ1n) is 11.3. The molecule has 4 rings (SSSR count). The van der Waals surface area contributed by atoms with Gasteiger partial charge >= 0.3 is 0 Å². The summed E-state index contributed by atoms with van der Waals surface area (Å²) in [5.74, 6) is -0.312. The lowest BCUT2D eigenvalue weighted by Crippen LogP contribution is -2.42. The van der Waals surface area contributed by atoms with Crippen LogP contribution in [0.25, 0.3) is 0 Å². The summed E-state index contributed by atoms with van der Waals surface area (Å²) >= 11 is 0. The molecule has 6 heteroatoms. The normalized spacial score (nSPS) is 15.5. The summed E-state index contributed by atoms with van der Waals surface area (Å²) in [6.07, 6.45) is 2.83. The smallest absolute Gasteiger partial charge is 0.264 e. The van der Waals surface area contributed by atoms with E-state index in [1.165, 1.54) is 9.87 Å². The van der Waals surface area contributed by atoms with Crippen LogP contribution in [0.5, 0.6) is 0 Å². The minimum Gasteiger partial charge on any atom is -0.348 e. The highest BCUT2D eigenvalue weighted by Gasteiger charge is 2.30. The third-order valence-corrected chi connectivity index (χ3v) is 8.22. The lowest BCUT2D eigenvalue weighted by atomic mass is 9.88. The molecular formula is C27H30N2O3S. The molecule has 5 nitrogen and oxygen atoms in total. The van der Waals surface area contributed by atoms with Crippen molar-refractivity contribution in [2.24, 2.45) is 0 Å². The Labute approximate surface area is 196 Å². The Morgan fingerprint density at radius 1 is 0.970 bits per heavy atom. The topological polar surface area (TPSA) is 66.5 Å². The molecule has 3 aromatic rings. The predicted octanol–water partition coefficient (Wildman–Crippen LogP) is 5.00. The second kappa shape index (κ2) is 9.40. The minimum absolute atomic E-state index is 0.106. The van der Waals surface area contributed by atoms with Crippen LogP contribution >= 0.6 is 0 Å². The van der Waals surface area contributed by atoms with Crippen molar-refractivity contribution in [1.82, 2.24) is 5.32 Å². The van der Waals surface area contributed by atoms with E-state index in [0.29, 0.717) is 5.69 Å². The largest absolute Gasteiger partial charge is 0.348 e. The molecule has 0 radical (unpaired) electrons. The fraction of sp³-hybridized carbons (Fsp3) is 0.296. The Bertz CT molecular complexity index is 1270. The van der Waals surface area contributed by atoms with Crippen molar-refractivity contribution < 1.29 is 13.2 Å². The van der Waals surface area contributed by atoms with Gasteiger partial charge in [0, 0.05) is 0 Å². The van der Waals surface area contributed by atoms with Crippen molar-refractivity contribution >= 4 is 21.6 Å². The highest BCUT2D eigenvalue weighted by molar-refractivity contribution is 7.92. The first kappa shape index (κ1) is 23.1. The van der Waals surface area contributed by atoms with Crippen LogP contribution in [0, 0.1) is 20.8 Å². The van der Waals surface area contributed by atoms with Gasteiger partial charge in [-0.15, -0.1) is 0 Å². The summed E-state index contributed by atoms with van der Waals surface area (Å²) in [5.41, 5.74) is 5.67. The van der Waals surface area contributed by atoms with Crippen molar-refractivity contribution in [3.05, 3.63) is 94.5 Å². The van der Waals surface area contributed by atoms with Crippen molar-refractivity contribution in [2.45, 2.75) is 51.0 Å². The summed E-state index contributed by atoms with van der Waals surface area (Å²) in [4.78, 5) is 13.4. The van der Waals surface area contributed by atoms with Gasteiger partial charge in [0.15, 0.2) is 0 Å². The number of aryl methyl sites for hydroxylation is 3. The van der Waals surface area contributed by atoms with Crippen LogP contribution < -0.4 is 9.62 Å². The number of hydrogen-bond donors (Lipinski definition) is 1. The van der Waals surface area contributed by atoms with Gasteiger partial charge in [-0.1, -0.05) is 54.1 Å². The Kier molecular flexibility index (Phi) is 6.56. The SMILES string of the molecule is Cc1ccc(S(=O)(=O)N(CC(=O)NC2CCCc3ccccc32)c2cccc(C)c2C)cc1. The van der Waals surface area contributed by atoms with Crippen LogP contribution in [0.15, 0.2) is 71.6 Å². The summed E-state index contributed by atoms with van der Waals surface area (Å²) < 4.78 is 28.6. The fourth-order valence-electron chi connectivity index (χ4n) is 4.42. The van der Waals surface area contributed by atoms with E-state index in [-0.39, 0.29) is 23.4 Å². The molecule has 0 bridgehead atoms. The Balaban J connectivity index is 1.67. The molecule has 0 spiro atoms. The first-order chi connectivity index (χ1) is 15.8. The number of sulfonamides is 1. The molecule has 0 heterocycles. The molecule has 0 saturated heterocycles. The number of nitrogens with zero attached hydrogens (tertiary/aromatic N) is 1. The Morgan fingerprint density at radius 2 is 1.70 bits per heavy atom. The number of amides is 1. The van der Waals surface area contributed by atoms with E-state index in [0.717, 1.165) is 41.5 Å². The molecule has 0 aromatic heterocycles. The minimum atomic E-state index is -3.93. The van der Waals surface area contributed by atoms with Gasteiger partial charge in [0.25, 0.3) is 10.0 Å². The average molecular weight is 463 g/mol. The van der Waals surface area contributed by atoms with E-state index in [2.05, 4.69) is 11.4 Å². The molecule has 33 heavy (non-hydrogen) atoms. The third kappa shape index (κ3) is 4.81. The predicted molar refractivity (Wildman–Crippen MR) is 132 cm³/mol. The van der Waals surface area contributed by atoms with Crippen molar-refractivity contribution in [2.75, 3.05) is 10.8 Å². The van der Waals surface area contributed by atoms with E-state index in [9.17, 15) is 13.2 Å². The van der Waals surface area contributed by atoms with Gasteiger partial charge in [-0.05, 0) is 80.5 Å². The monoisotopic (exact) mass is 462 g/mol. The third-order valence-electron chi connectivity index (χ3n) is 6.45. The van der Waals surface area contributed by atoms with Crippen molar-refractivity contribution in [3.63, 3.8) is 0 Å². The molecule has 1 aliphatic rings. The molecule has 1 N–H and O–H groups in total. The summed E-state index contributed by atoms with van der Waals surface area (Å²) in [6, 6.07) is 20.3. The van der Waals surface area contributed by atoms with Crippen LogP contribution in [0.1, 0.15) is 46.7 Å². The number of rotatable bonds is 6. The highest BCUT2D eigenvalue weighted by atomic mass is 32.2. The molecule has 1 atom stereocenters. The number of carbonyl (C=O) groups is 1. The van der Waals surface area contributed by atoms with Crippen LogP contribution in [-0.2, 0) is 21.2 Å². The molecular weight excluding hydrogens is 432 g/mol. The van der Waals surface area contributed by atoms with Gasteiger partial charge in [-0.25, -0.2) is 8.42 Å². The molecule has 0 saturated carbocycles. The van der Waals surface area contributed by atoms with Gasteiger partial charge in [0.05, 0.1) is 16.6 Å². The van der Waals surface area contributed by atoms with E-state index in [1.54, 1.807) is 30.3 Å². The van der Waals surface area contributed by atoms with E-state index in [4.69, 9.17) is 0 Å². The van der Waals surface area contributed by atoms with Gasteiger partial charge in [0.2, 0.25) is 5.91 Å². The first-order valence-corrected chi connectivity index (χ1v) is 12.7. The maximum atomic E-state index is 13.7. The molecule has 1 aliphatic carbocycles. The number of carbonyl (C=O) groups excluding carboxylic acids is 1. The summed E-state index contributed by atoms with van der Waals surface area (Å²) in [7, 11) is -3.93. The number of nitrogens with one attached hydrogen (secondary N) is 1. The summed E-state index contributed by atoms with van der Waals surface area (Å²) in [5, 5.41) is 3.10. The second-order valence-corrected chi connectivity index (χ2v) is 10.6. The van der Waals surface area contributed by atoms with Gasteiger partial charge < -0.3 is 5.32 Å².